The number of benzene rings is 1. The topological polar surface area (TPSA) is 62.9 Å². The van der Waals surface area contributed by atoms with E-state index in [0.29, 0.717) is 17.5 Å². The average Bonchev–Trinajstić information content (AvgIpc) is 2.60. The van der Waals surface area contributed by atoms with Gasteiger partial charge in [-0.2, -0.15) is 0 Å². The molecule has 1 aliphatic carbocycles. The first kappa shape index (κ1) is 23.0. The lowest BCUT2D eigenvalue weighted by Gasteiger charge is -2.42. The summed E-state index contributed by atoms with van der Waals surface area (Å²) in [5.74, 6) is 0.517. The van der Waals surface area contributed by atoms with Crippen LogP contribution in [0.3, 0.4) is 0 Å². The van der Waals surface area contributed by atoms with E-state index in [1.807, 2.05) is 18.2 Å². The smallest absolute Gasteiger partial charge is 0.188 e. The number of ether oxygens (including phenoxy) is 1. The predicted molar refractivity (Wildman–Crippen MR) is 124 cm³/mol. The molecule has 2 fully saturated rings. The lowest BCUT2D eigenvalue weighted by Crippen LogP contribution is -2.41. The number of nitrogens with one attached hydrogen (secondary N) is 1. The highest BCUT2D eigenvalue weighted by atomic mass is 127. The fourth-order valence-electron chi connectivity index (χ4n) is 3.67. The Morgan fingerprint density at radius 1 is 1.26 bits per heavy atom. The third-order valence-corrected chi connectivity index (χ3v) is 5.97. The summed E-state index contributed by atoms with van der Waals surface area (Å²) in [6, 6.07) is 5.75. The number of rotatable bonds is 7. The van der Waals surface area contributed by atoms with E-state index in [1.165, 1.54) is 6.42 Å². The first-order chi connectivity index (χ1) is 12.6. The third-order valence-electron chi connectivity index (χ3n) is 5.43. The Morgan fingerprint density at radius 2 is 2.00 bits per heavy atom. The molecule has 1 saturated heterocycles. The predicted octanol–water partition coefficient (Wildman–Crippen LogP) is 3.66. The summed E-state index contributed by atoms with van der Waals surface area (Å²) in [5.41, 5.74) is 7.21. The van der Waals surface area contributed by atoms with Crippen molar-refractivity contribution in [3.63, 3.8) is 0 Å². The number of hydrogen-bond donors (Lipinski definition) is 2. The first-order valence-electron chi connectivity index (χ1n) is 9.38. The van der Waals surface area contributed by atoms with Gasteiger partial charge < -0.3 is 15.8 Å². The van der Waals surface area contributed by atoms with Gasteiger partial charge in [-0.3, -0.25) is 9.89 Å². The highest BCUT2D eigenvalue weighted by Gasteiger charge is 2.40. The van der Waals surface area contributed by atoms with Crippen LogP contribution < -0.4 is 11.1 Å². The van der Waals surface area contributed by atoms with Crippen molar-refractivity contribution >= 4 is 53.1 Å². The van der Waals surface area contributed by atoms with Crippen LogP contribution in [0.15, 0.2) is 23.2 Å². The van der Waals surface area contributed by atoms with Crippen LogP contribution in [0.25, 0.3) is 0 Å². The van der Waals surface area contributed by atoms with Crippen molar-refractivity contribution in [3.05, 3.63) is 33.8 Å². The molecule has 0 amide bonds. The minimum absolute atomic E-state index is 0. The zero-order chi connectivity index (χ0) is 18.4. The van der Waals surface area contributed by atoms with Crippen molar-refractivity contribution in [1.29, 1.82) is 0 Å². The maximum Gasteiger partial charge on any atom is 0.188 e. The Labute approximate surface area is 189 Å². The van der Waals surface area contributed by atoms with Crippen LogP contribution >= 0.6 is 47.2 Å². The van der Waals surface area contributed by atoms with Gasteiger partial charge in [0.1, 0.15) is 0 Å². The quantitative estimate of drug-likeness (QED) is 0.246. The molecular weight excluding hydrogens is 498 g/mol. The Hall–Kier alpha value is -0.280. The van der Waals surface area contributed by atoms with Gasteiger partial charge in [0, 0.05) is 35.1 Å². The largest absolute Gasteiger partial charge is 0.379 e. The standard InChI is InChI=1S/C19H28Cl2N4O.HI/c20-15-3-4-16(17(21)13-15)19(5-1-6-19)14-24-18(22)23-7-2-8-25-9-11-26-12-10-25;/h3-4,13H,1-2,5-12,14H2,(H3,22,23,24);1H. The van der Waals surface area contributed by atoms with Gasteiger partial charge in [0.25, 0.3) is 0 Å². The van der Waals surface area contributed by atoms with Crippen molar-refractivity contribution in [2.75, 3.05) is 45.9 Å². The van der Waals surface area contributed by atoms with Crippen LogP contribution in [0.2, 0.25) is 10.0 Å². The van der Waals surface area contributed by atoms with Gasteiger partial charge in [0.05, 0.1) is 19.8 Å². The molecule has 0 radical (unpaired) electrons. The van der Waals surface area contributed by atoms with E-state index in [0.717, 1.165) is 69.2 Å². The zero-order valence-corrected chi connectivity index (χ0v) is 19.4. The number of hydrogen-bond acceptors (Lipinski definition) is 3. The minimum atomic E-state index is 0. The second-order valence-electron chi connectivity index (χ2n) is 7.19. The Balaban J connectivity index is 0.00000261. The van der Waals surface area contributed by atoms with Crippen molar-refractivity contribution in [1.82, 2.24) is 10.2 Å². The molecular formula is C19H29Cl2IN4O. The van der Waals surface area contributed by atoms with Crippen molar-refractivity contribution < 1.29 is 4.74 Å². The van der Waals surface area contributed by atoms with E-state index < -0.39 is 0 Å². The van der Waals surface area contributed by atoms with E-state index in [-0.39, 0.29) is 29.4 Å². The van der Waals surface area contributed by atoms with Crippen LogP contribution in [-0.2, 0) is 10.2 Å². The van der Waals surface area contributed by atoms with Gasteiger partial charge in [0.2, 0.25) is 0 Å². The molecule has 0 aromatic heterocycles. The Morgan fingerprint density at radius 3 is 2.63 bits per heavy atom. The third kappa shape index (κ3) is 6.35. The number of nitrogens with two attached hydrogens (primary N) is 1. The molecule has 2 aliphatic rings. The molecule has 1 aromatic rings. The summed E-state index contributed by atoms with van der Waals surface area (Å²) >= 11 is 12.5. The molecule has 0 spiro atoms. The molecule has 0 bridgehead atoms. The number of aliphatic imine (C=N–C) groups is 1. The van der Waals surface area contributed by atoms with Crippen LogP contribution in [0, 0.1) is 0 Å². The second kappa shape index (κ2) is 11.0. The second-order valence-corrected chi connectivity index (χ2v) is 8.04. The molecule has 3 N–H and O–H groups in total. The molecule has 0 atom stereocenters. The van der Waals surface area contributed by atoms with Gasteiger partial charge in [-0.25, -0.2) is 0 Å². The van der Waals surface area contributed by atoms with Gasteiger partial charge in [0.15, 0.2) is 5.96 Å². The molecule has 8 heteroatoms. The van der Waals surface area contributed by atoms with E-state index in [9.17, 15) is 0 Å². The molecule has 1 aliphatic heterocycles. The fraction of sp³-hybridized carbons (Fsp3) is 0.632. The summed E-state index contributed by atoms with van der Waals surface area (Å²) in [6.45, 7) is 6.28. The molecule has 0 unspecified atom stereocenters. The van der Waals surface area contributed by atoms with E-state index in [4.69, 9.17) is 33.7 Å². The van der Waals surface area contributed by atoms with Gasteiger partial charge in [-0.05, 0) is 43.5 Å². The van der Waals surface area contributed by atoms with E-state index in [1.54, 1.807) is 0 Å². The fourth-order valence-corrected chi connectivity index (χ4v) is 4.28. The molecule has 27 heavy (non-hydrogen) atoms. The van der Waals surface area contributed by atoms with Crippen molar-refractivity contribution in [2.45, 2.75) is 31.1 Å². The highest BCUT2D eigenvalue weighted by molar-refractivity contribution is 14.0. The SMILES string of the molecule is I.NC(=NCC1(c2ccc(Cl)cc2Cl)CCC1)NCCCN1CCOCC1. The van der Waals surface area contributed by atoms with Gasteiger partial charge >= 0.3 is 0 Å². The molecule has 5 nitrogen and oxygen atoms in total. The maximum absolute atomic E-state index is 6.42. The summed E-state index contributed by atoms with van der Waals surface area (Å²) in [5, 5.41) is 4.63. The molecule has 1 heterocycles. The van der Waals surface area contributed by atoms with Gasteiger partial charge in [-0.15, -0.1) is 24.0 Å². The Bertz CT molecular complexity index is 634. The lowest BCUT2D eigenvalue weighted by atomic mass is 9.64. The highest BCUT2D eigenvalue weighted by Crippen LogP contribution is 2.46. The van der Waals surface area contributed by atoms with E-state index in [2.05, 4.69) is 15.2 Å². The van der Waals surface area contributed by atoms with Gasteiger partial charge in [-0.1, -0.05) is 35.7 Å². The van der Waals surface area contributed by atoms with Crippen LogP contribution in [0.1, 0.15) is 31.2 Å². The summed E-state index contributed by atoms with van der Waals surface area (Å²) < 4.78 is 5.36. The van der Waals surface area contributed by atoms with E-state index >= 15 is 0 Å². The van der Waals surface area contributed by atoms with Crippen molar-refractivity contribution in [3.8, 4) is 0 Å². The number of morpholine rings is 1. The average molecular weight is 527 g/mol. The maximum atomic E-state index is 6.42. The zero-order valence-electron chi connectivity index (χ0n) is 15.6. The lowest BCUT2D eigenvalue weighted by molar-refractivity contribution is 0.0376. The molecule has 1 saturated carbocycles. The minimum Gasteiger partial charge on any atom is -0.379 e. The summed E-state index contributed by atoms with van der Waals surface area (Å²) in [4.78, 5) is 7.02. The first-order valence-corrected chi connectivity index (χ1v) is 10.1. The van der Waals surface area contributed by atoms with Crippen LogP contribution in [0.4, 0.5) is 0 Å². The van der Waals surface area contributed by atoms with Crippen molar-refractivity contribution in [2.24, 2.45) is 10.7 Å². The molecule has 1 aromatic carbocycles. The molecule has 3 rings (SSSR count). The number of halogens is 3. The normalized spacial score (nSPS) is 19.9. The van der Waals surface area contributed by atoms with Crippen LogP contribution in [0.5, 0.6) is 0 Å². The number of nitrogens with zero attached hydrogens (tertiary/aromatic N) is 2. The summed E-state index contributed by atoms with van der Waals surface area (Å²) in [6.07, 6.45) is 4.41. The molecule has 152 valence electrons. The monoisotopic (exact) mass is 526 g/mol. The Kier molecular flexibility index (Phi) is 9.41. The van der Waals surface area contributed by atoms with Crippen LogP contribution in [-0.4, -0.2) is 56.8 Å². The number of guanidine groups is 1. The summed E-state index contributed by atoms with van der Waals surface area (Å²) in [7, 11) is 0.